The van der Waals surface area contributed by atoms with E-state index in [2.05, 4.69) is 15.9 Å². The zero-order valence-electron chi connectivity index (χ0n) is 10.6. The van der Waals surface area contributed by atoms with Crippen molar-refractivity contribution >= 4 is 21.7 Å². The van der Waals surface area contributed by atoms with Gasteiger partial charge >= 0.3 is 0 Å². The third kappa shape index (κ3) is 4.00. The molecule has 0 amide bonds. The van der Waals surface area contributed by atoms with Gasteiger partial charge in [0.15, 0.2) is 0 Å². The summed E-state index contributed by atoms with van der Waals surface area (Å²) in [4.78, 5) is 12.0. The summed E-state index contributed by atoms with van der Waals surface area (Å²) in [6.45, 7) is 1.82. The molecule has 19 heavy (non-hydrogen) atoms. The second kappa shape index (κ2) is 6.11. The Morgan fingerprint density at radius 3 is 2.63 bits per heavy atom. The van der Waals surface area contributed by atoms with Crippen LogP contribution in [0.1, 0.15) is 16.7 Å². The molecular formula is C16H14BrFO. The minimum atomic E-state index is -0.263. The molecule has 0 aliphatic rings. The highest BCUT2D eigenvalue weighted by molar-refractivity contribution is 9.10. The van der Waals surface area contributed by atoms with Crippen LogP contribution in [0, 0.1) is 12.7 Å². The van der Waals surface area contributed by atoms with Crippen LogP contribution in [0.25, 0.3) is 0 Å². The number of carbonyl (C=O) groups excluding carboxylic acids is 1. The van der Waals surface area contributed by atoms with Crippen molar-refractivity contribution in [2.75, 3.05) is 0 Å². The first kappa shape index (κ1) is 13.9. The average Bonchev–Trinajstić information content (AvgIpc) is 2.33. The van der Waals surface area contributed by atoms with Crippen molar-refractivity contribution < 1.29 is 9.18 Å². The van der Waals surface area contributed by atoms with Gasteiger partial charge in [-0.05, 0) is 47.9 Å². The first-order chi connectivity index (χ1) is 9.04. The van der Waals surface area contributed by atoms with Crippen molar-refractivity contribution in [1.82, 2.24) is 0 Å². The highest BCUT2D eigenvalue weighted by Crippen LogP contribution is 2.15. The van der Waals surface area contributed by atoms with Gasteiger partial charge < -0.3 is 0 Å². The van der Waals surface area contributed by atoms with E-state index in [1.165, 1.54) is 12.1 Å². The molecule has 98 valence electrons. The molecule has 0 aromatic heterocycles. The zero-order chi connectivity index (χ0) is 13.8. The van der Waals surface area contributed by atoms with Crippen molar-refractivity contribution in [3.63, 3.8) is 0 Å². The molecule has 2 rings (SSSR count). The van der Waals surface area contributed by atoms with Crippen molar-refractivity contribution in [3.8, 4) is 0 Å². The SMILES string of the molecule is Cc1cc(F)ccc1CC(=O)Cc1cccc(Br)c1. The fraction of sp³-hybridized carbons (Fsp3) is 0.188. The minimum absolute atomic E-state index is 0.132. The van der Waals surface area contributed by atoms with E-state index < -0.39 is 0 Å². The summed E-state index contributed by atoms with van der Waals surface area (Å²) in [6, 6.07) is 12.3. The number of aryl methyl sites for hydroxylation is 1. The van der Waals surface area contributed by atoms with E-state index in [1.54, 1.807) is 6.07 Å². The van der Waals surface area contributed by atoms with E-state index in [0.29, 0.717) is 12.8 Å². The maximum atomic E-state index is 13.0. The Kier molecular flexibility index (Phi) is 4.48. The Morgan fingerprint density at radius 1 is 1.16 bits per heavy atom. The van der Waals surface area contributed by atoms with E-state index in [1.807, 2.05) is 31.2 Å². The van der Waals surface area contributed by atoms with Crippen molar-refractivity contribution in [1.29, 1.82) is 0 Å². The molecule has 0 bridgehead atoms. The fourth-order valence-corrected chi connectivity index (χ4v) is 2.45. The van der Waals surface area contributed by atoms with Crippen LogP contribution in [0.5, 0.6) is 0 Å². The van der Waals surface area contributed by atoms with E-state index in [9.17, 15) is 9.18 Å². The molecule has 0 unspecified atom stereocenters. The van der Waals surface area contributed by atoms with Crippen LogP contribution in [0.2, 0.25) is 0 Å². The molecule has 0 saturated heterocycles. The number of halogens is 2. The van der Waals surface area contributed by atoms with Crippen LogP contribution in [-0.2, 0) is 17.6 Å². The molecule has 0 atom stereocenters. The summed E-state index contributed by atoms with van der Waals surface area (Å²) in [5.74, 6) is -0.131. The number of rotatable bonds is 4. The second-order valence-corrected chi connectivity index (χ2v) is 5.51. The van der Waals surface area contributed by atoms with Crippen LogP contribution in [0.3, 0.4) is 0 Å². The average molecular weight is 321 g/mol. The molecular weight excluding hydrogens is 307 g/mol. The van der Waals surface area contributed by atoms with Gasteiger partial charge in [0.1, 0.15) is 11.6 Å². The first-order valence-corrected chi connectivity index (χ1v) is 6.85. The third-order valence-electron chi connectivity index (χ3n) is 2.98. The summed E-state index contributed by atoms with van der Waals surface area (Å²) in [6.07, 6.45) is 0.745. The highest BCUT2D eigenvalue weighted by Gasteiger charge is 2.08. The second-order valence-electron chi connectivity index (χ2n) is 4.59. The summed E-state index contributed by atoms with van der Waals surface area (Å²) in [7, 11) is 0. The Bertz CT molecular complexity index is 607. The van der Waals surface area contributed by atoms with Crippen LogP contribution in [-0.4, -0.2) is 5.78 Å². The summed E-state index contributed by atoms with van der Waals surface area (Å²) in [5, 5.41) is 0. The zero-order valence-corrected chi connectivity index (χ0v) is 12.2. The number of ketones is 1. The molecule has 1 nitrogen and oxygen atoms in total. The van der Waals surface area contributed by atoms with Crippen LogP contribution >= 0.6 is 15.9 Å². The predicted octanol–water partition coefficient (Wildman–Crippen LogP) is 4.25. The van der Waals surface area contributed by atoms with Gasteiger partial charge in [-0.25, -0.2) is 4.39 Å². The van der Waals surface area contributed by atoms with Crippen molar-refractivity contribution in [3.05, 3.63) is 69.4 Å². The number of carbonyl (C=O) groups is 1. The quantitative estimate of drug-likeness (QED) is 0.823. The predicted molar refractivity (Wildman–Crippen MR) is 77.7 cm³/mol. The largest absolute Gasteiger partial charge is 0.299 e. The Morgan fingerprint density at radius 2 is 1.95 bits per heavy atom. The van der Waals surface area contributed by atoms with Gasteiger partial charge in [-0.2, -0.15) is 0 Å². The topological polar surface area (TPSA) is 17.1 Å². The maximum absolute atomic E-state index is 13.0. The van der Waals surface area contributed by atoms with Crippen molar-refractivity contribution in [2.24, 2.45) is 0 Å². The summed E-state index contributed by atoms with van der Waals surface area (Å²) >= 11 is 3.39. The Labute approximate surface area is 120 Å². The highest BCUT2D eigenvalue weighted by atomic mass is 79.9. The minimum Gasteiger partial charge on any atom is -0.299 e. The molecule has 0 aliphatic heterocycles. The Balaban J connectivity index is 2.05. The Hall–Kier alpha value is -1.48. The lowest BCUT2D eigenvalue weighted by Gasteiger charge is -2.06. The number of hydrogen-bond donors (Lipinski definition) is 0. The van der Waals surface area contributed by atoms with Crippen LogP contribution in [0.15, 0.2) is 46.9 Å². The van der Waals surface area contributed by atoms with Gasteiger partial charge in [-0.1, -0.05) is 34.1 Å². The molecule has 0 spiro atoms. The van der Waals surface area contributed by atoms with Gasteiger partial charge in [0.2, 0.25) is 0 Å². The van der Waals surface area contributed by atoms with Crippen molar-refractivity contribution in [2.45, 2.75) is 19.8 Å². The standard InChI is InChI=1S/C16H14BrFO/c1-11-7-15(18)6-5-13(11)10-16(19)9-12-3-2-4-14(17)8-12/h2-8H,9-10H2,1H3. The van der Waals surface area contributed by atoms with E-state index in [0.717, 1.165) is 21.2 Å². The lowest BCUT2D eigenvalue weighted by atomic mass is 9.99. The van der Waals surface area contributed by atoms with E-state index >= 15 is 0 Å². The van der Waals surface area contributed by atoms with Gasteiger partial charge in [-0.3, -0.25) is 4.79 Å². The molecule has 2 aromatic carbocycles. The van der Waals surface area contributed by atoms with E-state index in [-0.39, 0.29) is 11.6 Å². The first-order valence-electron chi connectivity index (χ1n) is 6.06. The van der Waals surface area contributed by atoms with Crippen LogP contribution < -0.4 is 0 Å². The normalized spacial score (nSPS) is 10.5. The molecule has 0 fully saturated rings. The molecule has 3 heteroatoms. The third-order valence-corrected chi connectivity index (χ3v) is 3.48. The fourth-order valence-electron chi connectivity index (χ4n) is 2.01. The number of hydrogen-bond acceptors (Lipinski definition) is 1. The maximum Gasteiger partial charge on any atom is 0.141 e. The van der Waals surface area contributed by atoms with Gasteiger partial charge in [0, 0.05) is 17.3 Å². The molecule has 2 aromatic rings. The van der Waals surface area contributed by atoms with Gasteiger partial charge in [-0.15, -0.1) is 0 Å². The van der Waals surface area contributed by atoms with Crippen LogP contribution in [0.4, 0.5) is 4.39 Å². The van der Waals surface area contributed by atoms with Gasteiger partial charge in [0.05, 0.1) is 0 Å². The number of benzene rings is 2. The lowest BCUT2D eigenvalue weighted by molar-refractivity contribution is -0.117. The lowest BCUT2D eigenvalue weighted by Crippen LogP contribution is -2.07. The number of Topliss-reactive ketones (excluding diaryl/α,β-unsaturated/α-hetero) is 1. The molecule has 0 heterocycles. The monoisotopic (exact) mass is 320 g/mol. The van der Waals surface area contributed by atoms with E-state index in [4.69, 9.17) is 0 Å². The smallest absolute Gasteiger partial charge is 0.141 e. The molecule has 0 radical (unpaired) electrons. The molecule has 0 aliphatic carbocycles. The summed E-state index contributed by atoms with van der Waals surface area (Å²) < 4.78 is 14.0. The molecule has 0 saturated carbocycles. The van der Waals surface area contributed by atoms with Gasteiger partial charge in [0.25, 0.3) is 0 Å². The summed E-state index contributed by atoms with van der Waals surface area (Å²) in [5.41, 5.74) is 2.70. The molecule has 0 N–H and O–H groups in total.